The second kappa shape index (κ2) is 14.5. The van der Waals surface area contributed by atoms with Crippen molar-refractivity contribution in [3.63, 3.8) is 0 Å². The van der Waals surface area contributed by atoms with E-state index in [9.17, 15) is 24.9 Å². The van der Waals surface area contributed by atoms with Crippen LogP contribution < -0.4 is 5.32 Å². The molecule has 1 aliphatic rings. The molecule has 1 saturated heterocycles. The van der Waals surface area contributed by atoms with Crippen LogP contribution in [0.3, 0.4) is 0 Å². The van der Waals surface area contributed by atoms with Crippen LogP contribution >= 0.6 is 0 Å². The van der Waals surface area contributed by atoms with E-state index in [-0.39, 0.29) is 0 Å². The van der Waals surface area contributed by atoms with Gasteiger partial charge in [0.05, 0.1) is 0 Å². The van der Waals surface area contributed by atoms with Crippen LogP contribution in [0.2, 0.25) is 0 Å². The number of esters is 1. The Hall–Kier alpha value is -1.44. The van der Waals surface area contributed by atoms with E-state index in [1.165, 1.54) is 64.0 Å². The molecule has 0 saturated carbocycles. The van der Waals surface area contributed by atoms with Crippen LogP contribution in [0.1, 0.15) is 84.0 Å². The van der Waals surface area contributed by atoms with Crippen LogP contribution in [0.25, 0.3) is 0 Å². The highest BCUT2D eigenvalue weighted by Crippen LogP contribution is 2.19. The summed E-state index contributed by atoms with van der Waals surface area (Å²) in [6.07, 6.45) is 11.6. The first-order valence-corrected chi connectivity index (χ1v) is 10.7. The molecule has 162 valence electrons. The SMILES string of the molecule is CCCCCCCCCCCCC/C=C/NC(=O)[C@H](O)[C@H]1OC(=O)[C@@H](O)[C@H]1O. The van der Waals surface area contributed by atoms with Crippen LogP contribution in [0, 0.1) is 0 Å². The number of carbonyl (C=O) groups is 2. The molecule has 4 N–H and O–H groups in total. The summed E-state index contributed by atoms with van der Waals surface area (Å²) in [7, 11) is 0. The van der Waals surface area contributed by atoms with Crippen LogP contribution in [-0.2, 0) is 14.3 Å². The first-order chi connectivity index (χ1) is 13.5. The van der Waals surface area contributed by atoms with Crippen LogP contribution in [0.5, 0.6) is 0 Å². The second-order valence-electron chi connectivity index (χ2n) is 7.52. The van der Waals surface area contributed by atoms with Gasteiger partial charge in [-0.25, -0.2) is 4.79 Å². The number of amides is 1. The number of carbonyl (C=O) groups excluding carboxylic acids is 2. The molecule has 1 rings (SSSR count). The number of allylic oxidation sites excluding steroid dienone is 1. The molecular weight excluding hydrogens is 362 g/mol. The Balaban J connectivity index is 2.00. The quantitative estimate of drug-likeness (QED) is 0.248. The Kier molecular flexibility index (Phi) is 12.8. The maximum absolute atomic E-state index is 11.8. The molecule has 0 aromatic carbocycles. The van der Waals surface area contributed by atoms with Crippen molar-refractivity contribution in [1.82, 2.24) is 5.32 Å². The van der Waals surface area contributed by atoms with Crippen LogP contribution in [0.15, 0.2) is 12.3 Å². The van der Waals surface area contributed by atoms with Gasteiger partial charge in [-0.1, -0.05) is 77.2 Å². The number of unbranched alkanes of at least 4 members (excludes halogenated alkanes) is 11. The van der Waals surface area contributed by atoms with E-state index in [1.807, 2.05) is 6.08 Å². The fourth-order valence-electron chi connectivity index (χ4n) is 3.23. The summed E-state index contributed by atoms with van der Waals surface area (Å²) >= 11 is 0. The number of ether oxygens (including phenoxy) is 1. The molecule has 1 fully saturated rings. The van der Waals surface area contributed by atoms with Gasteiger partial charge in [-0.2, -0.15) is 0 Å². The maximum atomic E-state index is 11.8. The maximum Gasteiger partial charge on any atom is 0.338 e. The lowest BCUT2D eigenvalue weighted by molar-refractivity contribution is -0.153. The number of hydrogen-bond acceptors (Lipinski definition) is 6. The fraction of sp³-hybridized carbons (Fsp3) is 0.810. The largest absolute Gasteiger partial charge is 0.454 e. The summed E-state index contributed by atoms with van der Waals surface area (Å²) in [6.45, 7) is 2.23. The Bertz CT molecular complexity index is 482. The van der Waals surface area contributed by atoms with Gasteiger partial charge in [-0.05, 0) is 19.0 Å². The molecule has 0 spiro atoms. The van der Waals surface area contributed by atoms with E-state index in [0.29, 0.717) is 0 Å². The first kappa shape index (κ1) is 24.6. The van der Waals surface area contributed by atoms with Crippen LogP contribution in [0.4, 0.5) is 0 Å². The zero-order chi connectivity index (χ0) is 20.8. The lowest BCUT2D eigenvalue weighted by Gasteiger charge is -2.18. The number of aliphatic hydroxyl groups excluding tert-OH is 3. The molecule has 1 aliphatic heterocycles. The Labute approximate surface area is 168 Å². The van der Waals surface area contributed by atoms with Crippen LogP contribution in [-0.4, -0.2) is 51.6 Å². The minimum atomic E-state index is -1.73. The molecular formula is C21H37NO6. The highest BCUT2D eigenvalue weighted by atomic mass is 16.6. The third-order valence-corrected chi connectivity index (χ3v) is 5.05. The number of hydrogen-bond donors (Lipinski definition) is 4. The van der Waals surface area contributed by atoms with Gasteiger partial charge >= 0.3 is 5.97 Å². The van der Waals surface area contributed by atoms with E-state index in [1.54, 1.807) is 0 Å². The van der Waals surface area contributed by atoms with E-state index < -0.39 is 36.3 Å². The predicted octanol–water partition coefficient (Wildman–Crippen LogP) is 2.33. The van der Waals surface area contributed by atoms with Crippen molar-refractivity contribution < 1.29 is 29.6 Å². The topological polar surface area (TPSA) is 116 Å². The molecule has 1 heterocycles. The van der Waals surface area contributed by atoms with Gasteiger partial charge < -0.3 is 25.4 Å². The highest BCUT2D eigenvalue weighted by molar-refractivity contribution is 5.84. The van der Waals surface area contributed by atoms with Crippen molar-refractivity contribution in [2.75, 3.05) is 0 Å². The normalized spacial score (nSPS) is 23.1. The summed E-state index contributed by atoms with van der Waals surface area (Å²) in [5.41, 5.74) is 0. The molecule has 0 unspecified atom stereocenters. The molecule has 0 aromatic heterocycles. The molecule has 7 nitrogen and oxygen atoms in total. The Morgan fingerprint density at radius 1 is 1.04 bits per heavy atom. The third-order valence-electron chi connectivity index (χ3n) is 5.05. The second-order valence-corrected chi connectivity index (χ2v) is 7.52. The number of nitrogens with one attached hydrogen (secondary N) is 1. The standard InChI is InChI=1S/C21H37NO6/c1-2-3-4-5-6-7-8-9-10-11-12-13-14-15-22-20(26)18(25)19-16(23)17(24)21(27)28-19/h14-19,23-25H,2-13H2,1H3,(H,22,26)/b15-14+/t16-,17+,18-,19+/m1/s1. The molecule has 0 aromatic rings. The number of rotatable bonds is 15. The van der Waals surface area contributed by atoms with E-state index in [0.717, 1.165) is 19.3 Å². The summed E-state index contributed by atoms with van der Waals surface area (Å²) in [5, 5.41) is 31.1. The lowest BCUT2D eigenvalue weighted by Crippen LogP contribution is -2.46. The average Bonchev–Trinajstić information content (AvgIpc) is 2.94. The van der Waals surface area contributed by atoms with E-state index in [2.05, 4.69) is 17.0 Å². The fourth-order valence-corrected chi connectivity index (χ4v) is 3.23. The zero-order valence-electron chi connectivity index (χ0n) is 17.0. The lowest BCUT2D eigenvalue weighted by atomic mass is 10.1. The summed E-state index contributed by atoms with van der Waals surface area (Å²) in [6, 6.07) is 0. The molecule has 28 heavy (non-hydrogen) atoms. The Morgan fingerprint density at radius 2 is 1.57 bits per heavy atom. The van der Waals surface area contributed by atoms with E-state index in [4.69, 9.17) is 0 Å². The predicted molar refractivity (Wildman–Crippen MR) is 106 cm³/mol. The van der Waals surface area contributed by atoms with Crippen molar-refractivity contribution in [3.8, 4) is 0 Å². The minimum Gasteiger partial charge on any atom is -0.454 e. The van der Waals surface area contributed by atoms with Crippen molar-refractivity contribution in [3.05, 3.63) is 12.3 Å². The smallest absolute Gasteiger partial charge is 0.338 e. The summed E-state index contributed by atoms with van der Waals surface area (Å²) < 4.78 is 4.62. The van der Waals surface area contributed by atoms with Crippen molar-refractivity contribution in [1.29, 1.82) is 0 Å². The average molecular weight is 400 g/mol. The zero-order valence-corrected chi connectivity index (χ0v) is 17.0. The van der Waals surface area contributed by atoms with Gasteiger partial charge in [-0.15, -0.1) is 0 Å². The van der Waals surface area contributed by atoms with Crippen molar-refractivity contribution in [2.24, 2.45) is 0 Å². The first-order valence-electron chi connectivity index (χ1n) is 10.7. The summed E-state index contributed by atoms with van der Waals surface area (Å²) in [5.74, 6) is -1.84. The van der Waals surface area contributed by atoms with Gasteiger partial charge in [0, 0.05) is 0 Å². The van der Waals surface area contributed by atoms with Gasteiger partial charge in [0.25, 0.3) is 5.91 Å². The third kappa shape index (κ3) is 9.17. The van der Waals surface area contributed by atoms with Crippen molar-refractivity contribution >= 4 is 11.9 Å². The molecule has 0 radical (unpaired) electrons. The van der Waals surface area contributed by atoms with Crippen molar-refractivity contribution in [2.45, 2.75) is 108 Å². The summed E-state index contributed by atoms with van der Waals surface area (Å²) in [4.78, 5) is 22.9. The molecule has 0 aliphatic carbocycles. The van der Waals surface area contributed by atoms with Gasteiger partial charge in [0.1, 0.15) is 6.10 Å². The molecule has 0 bridgehead atoms. The number of cyclic esters (lactones) is 1. The molecule has 7 heteroatoms. The Morgan fingerprint density at radius 3 is 2.07 bits per heavy atom. The van der Waals surface area contributed by atoms with Gasteiger partial charge in [0.15, 0.2) is 18.3 Å². The highest BCUT2D eigenvalue weighted by Gasteiger charge is 2.48. The van der Waals surface area contributed by atoms with Gasteiger partial charge in [0.2, 0.25) is 0 Å². The number of aliphatic hydroxyl groups is 3. The van der Waals surface area contributed by atoms with E-state index >= 15 is 0 Å². The molecule has 4 atom stereocenters. The monoisotopic (exact) mass is 399 g/mol. The molecule has 1 amide bonds. The minimum absolute atomic E-state index is 0.791. The van der Waals surface area contributed by atoms with Gasteiger partial charge in [-0.3, -0.25) is 4.79 Å².